The Hall–Kier alpha value is -3.14. The Balaban J connectivity index is 1.88. The van der Waals surface area contributed by atoms with Crippen molar-refractivity contribution in [3.63, 3.8) is 0 Å². The van der Waals surface area contributed by atoms with Gasteiger partial charge < -0.3 is 9.47 Å². The molecule has 4 heteroatoms. The zero-order valence-corrected chi connectivity index (χ0v) is 14.5. The Morgan fingerprint density at radius 2 is 1.88 bits per heavy atom. The molecule has 2 aromatic heterocycles. The van der Waals surface area contributed by atoms with E-state index >= 15 is 0 Å². The molecule has 0 N–H and O–H groups in total. The van der Waals surface area contributed by atoms with Gasteiger partial charge in [0.1, 0.15) is 5.82 Å². The maximum atomic E-state index is 4.81. The fraction of sp³-hybridized carbons (Fsp3) is 0.143. The molecule has 0 bridgehead atoms. The van der Waals surface area contributed by atoms with Gasteiger partial charge in [-0.2, -0.15) is 0 Å². The number of rotatable bonds is 3. The highest BCUT2D eigenvalue weighted by Gasteiger charge is 2.18. The third-order valence-electron chi connectivity index (χ3n) is 4.55. The first kappa shape index (κ1) is 15.4. The van der Waals surface area contributed by atoms with Crippen LogP contribution in [0.25, 0.3) is 16.7 Å². The molecule has 1 aliphatic rings. The first-order chi connectivity index (χ1) is 12.1. The second-order valence-electron chi connectivity index (χ2n) is 6.32. The van der Waals surface area contributed by atoms with Crippen LogP contribution in [-0.4, -0.2) is 26.5 Å². The number of likely N-dealkylation sites (N-methyl/N-ethyl adjacent to an activating group) is 1. The Morgan fingerprint density at radius 1 is 1.08 bits per heavy atom. The molecule has 0 radical (unpaired) electrons. The summed E-state index contributed by atoms with van der Waals surface area (Å²) in [6.07, 6.45) is 6.01. The van der Waals surface area contributed by atoms with Crippen LogP contribution in [0.1, 0.15) is 18.3 Å². The Bertz CT molecular complexity index is 1010. The number of hydrogen-bond acceptors (Lipinski definition) is 3. The van der Waals surface area contributed by atoms with E-state index in [1.807, 2.05) is 24.1 Å². The molecule has 0 unspecified atom stereocenters. The summed E-state index contributed by atoms with van der Waals surface area (Å²) in [5.41, 5.74) is 6.27. The standard InChI is InChI=1S/C21H20N4/c1-15-12-18(14-24(3)16(15)2)21-23-20-19(10-7-11-22-20)25(21)13-17-8-5-4-6-9-17/h4-12,14H,2,13H2,1,3H3. The van der Waals surface area contributed by atoms with E-state index in [1.54, 1.807) is 6.20 Å². The van der Waals surface area contributed by atoms with Gasteiger partial charge in [-0.3, -0.25) is 0 Å². The van der Waals surface area contributed by atoms with Gasteiger partial charge in [0, 0.05) is 37.3 Å². The average Bonchev–Trinajstić information content (AvgIpc) is 2.99. The Morgan fingerprint density at radius 3 is 2.64 bits per heavy atom. The molecule has 4 rings (SSSR count). The van der Waals surface area contributed by atoms with Crippen molar-refractivity contribution in [3.8, 4) is 0 Å². The quantitative estimate of drug-likeness (QED) is 0.721. The lowest BCUT2D eigenvalue weighted by atomic mass is 10.1. The number of nitrogens with zero attached hydrogens (tertiary/aromatic N) is 4. The summed E-state index contributed by atoms with van der Waals surface area (Å²) in [6.45, 7) is 6.95. The molecule has 0 fully saturated rings. The van der Waals surface area contributed by atoms with Crippen molar-refractivity contribution < 1.29 is 0 Å². The summed E-state index contributed by atoms with van der Waals surface area (Å²) in [4.78, 5) is 11.3. The summed E-state index contributed by atoms with van der Waals surface area (Å²) in [5, 5.41) is 0. The number of benzene rings is 1. The minimum atomic E-state index is 0.757. The van der Waals surface area contributed by atoms with Gasteiger partial charge in [-0.25, -0.2) is 9.97 Å². The van der Waals surface area contributed by atoms with Crippen molar-refractivity contribution in [2.45, 2.75) is 13.5 Å². The molecule has 0 spiro atoms. The van der Waals surface area contributed by atoms with Crippen molar-refractivity contribution in [2.24, 2.45) is 0 Å². The summed E-state index contributed by atoms with van der Waals surface area (Å²) in [6, 6.07) is 14.5. The monoisotopic (exact) mass is 328 g/mol. The van der Waals surface area contributed by atoms with E-state index in [0.717, 1.165) is 40.4 Å². The van der Waals surface area contributed by atoms with Gasteiger partial charge in [0.05, 0.1) is 5.52 Å². The summed E-state index contributed by atoms with van der Waals surface area (Å²) >= 11 is 0. The lowest BCUT2D eigenvalue weighted by molar-refractivity contribution is 0.577. The highest BCUT2D eigenvalue weighted by Crippen LogP contribution is 2.29. The zero-order chi connectivity index (χ0) is 17.4. The molecule has 1 aromatic carbocycles. The second-order valence-corrected chi connectivity index (χ2v) is 6.32. The molecule has 0 aliphatic carbocycles. The topological polar surface area (TPSA) is 34.0 Å². The molecule has 0 saturated carbocycles. The fourth-order valence-electron chi connectivity index (χ4n) is 3.15. The van der Waals surface area contributed by atoms with Crippen LogP contribution in [0.4, 0.5) is 0 Å². The lowest BCUT2D eigenvalue weighted by Gasteiger charge is -2.24. The number of hydrogen-bond donors (Lipinski definition) is 0. The number of imidazole rings is 1. The first-order valence-corrected chi connectivity index (χ1v) is 8.31. The van der Waals surface area contributed by atoms with Crippen molar-refractivity contribution in [2.75, 3.05) is 7.05 Å². The number of aromatic nitrogens is 3. The van der Waals surface area contributed by atoms with E-state index in [0.29, 0.717) is 0 Å². The molecule has 4 nitrogen and oxygen atoms in total. The van der Waals surface area contributed by atoms with E-state index in [9.17, 15) is 0 Å². The predicted octanol–water partition coefficient (Wildman–Crippen LogP) is 4.23. The minimum Gasteiger partial charge on any atom is -0.351 e. The lowest BCUT2D eigenvalue weighted by Crippen LogP contribution is -2.16. The van der Waals surface area contributed by atoms with Crippen LogP contribution in [0.2, 0.25) is 0 Å². The van der Waals surface area contributed by atoms with Crippen LogP contribution in [0.3, 0.4) is 0 Å². The average molecular weight is 328 g/mol. The van der Waals surface area contributed by atoms with Crippen LogP contribution in [0.15, 0.2) is 78.8 Å². The SMILES string of the molecule is C=C1C(C)=CC(c2nc3ncccc3n2Cc2ccccc2)=CN1C. The largest absolute Gasteiger partial charge is 0.351 e. The van der Waals surface area contributed by atoms with Crippen LogP contribution >= 0.6 is 0 Å². The van der Waals surface area contributed by atoms with Crippen molar-refractivity contribution >= 4 is 16.7 Å². The smallest absolute Gasteiger partial charge is 0.178 e. The van der Waals surface area contributed by atoms with E-state index in [-0.39, 0.29) is 0 Å². The van der Waals surface area contributed by atoms with Gasteiger partial charge in [-0.15, -0.1) is 0 Å². The van der Waals surface area contributed by atoms with E-state index in [1.165, 1.54) is 5.56 Å². The molecular formula is C21H20N4. The maximum absolute atomic E-state index is 4.81. The normalized spacial score (nSPS) is 14.6. The molecular weight excluding hydrogens is 308 g/mol. The number of pyridine rings is 1. The number of allylic oxidation sites excluding steroid dienone is 3. The molecule has 0 atom stereocenters. The van der Waals surface area contributed by atoms with Crippen molar-refractivity contribution in [3.05, 3.63) is 90.2 Å². The highest BCUT2D eigenvalue weighted by atomic mass is 15.1. The summed E-state index contributed by atoms with van der Waals surface area (Å²) < 4.78 is 2.23. The van der Waals surface area contributed by atoms with E-state index in [4.69, 9.17) is 4.98 Å². The molecule has 0 amide bonds. The van der Waals surface area contributed by atoms with Gasteiger partial charge >= 0.3 is 0 Å². The van der Waals surface area contributed by atoms with Gasteiger partial charge in [-0.1, -0.05) is 36.9 Å². The Labute approximate surface area is 147 Å². The maximum Gasteiger partial charge on any atom is 0.178 e. The Kier molecular flexibility index (Phi) is 3.73. The van der Waals surface area contributed by atoms with Crippen molar-refractivity contribution in [1.29, 1.82) is 0 Å². The van der Waals surface area contributed by atoms with Crippen LogP contribution in [0, 0.1) is 0 Å². The van der Waals surface area contributed by atoms with Crippen LogP contribution < -0.4 is 0 Å². The first-order valence-electron chi connectivity index (χ1n) is 8.31. The van der Waals surface area contributed by atoms with Gasteiger partial charge in [0.25, 0.3) is 0 Å². The molecule has 1 aliphatic heterocycles. The fourth-order valence-corrected chi connectivity index (χ4v) is 3.15. The highest BCUT2D eigenvalue weighted by molar-refractivity contribution is 5.81. The van der Waals surface area contributed by atoms with Crippen LogP contribution in [-0.2, 0) is 6.54 Å². The van der Waals surface area contributed by atoms with Gasteiger partial charge in [-0.05, 0) is 36.3 Å². The van der Waals surface area contributed by atoms with Crippen LogP contribution in [0.5, 0.6) is 0 Å². The molecule has 3 aromatic rings. The van der Waals surface area contributed by atoms with Gasteiger partial charge in [0.2, 0.25) is 0 Å². The third-order valence-corrected chi connectivity index (χ3v) is 4.55. The van der Waals surface area contributed by atoms with Crippen molar-refractivity contribution in [1.82, 2.24) is 19.4 Å². The zero-order valence-electron chi connectivity index (χ0n) is 14.5. The molecule has 25 heavy (non-hydrogen) atoms. The summed E-state index contributed by atoms with van der Waals surface area (Å²) in [5.74, 6) is 0.927. The van der Waals surface area contributed by atoms with E-state index in [2.05, 4.69) is 65.7 Å². The molecule has 0 saturated heterocycles. The minimum absolute atomic E-state index is 0.757. The molecule has 124 valence electrons. The summed E-state index contributed by atoms with van der Waals surface area (Å²) in [7, 11) is 2.02. The number of fused-ring (bicyclic) bond motifs is 1. The molecule has 3 heterocycles. The second kappa shape index (κ2) is 6.06. The predicted molar refractivity (Wildman–Crippen MR) is 102 cm³/mol. The van der Waals surface area contributed by atoms with Gasteiger partial charge in [0.15, 0.2) is 5.65 Å². The third kappa shape index (κ3) is 2.76. The van der Waals surface area contributed by atoms with E-state index < -0.39 is 0 Å².